The van der Waals surface area contributed by atoms with Gasteiger partial charge in [0.1, 0.15) is 5.75 Å². The van der Waals surface area contributed by atoms with Crippen LogP contribution in [0.3, 0.4) is 0 Å². The molecule has 4 rings (SSSR count). The Balaban J connectivity index is 1.50. The average Bonchev–Trinajstić information content (AvgIpc) is 3.38. The summed E-state index contributed by atoms with van der Waals surface area (Å²) >= 11 is 0. The second kappa shape index (κ2) is 5.40. The first-order valence-corrected chi connectivity index (χ1v) is 7.81. The maximum Gasteiger partial charge on any atom is 0.123 e. The maximum atomic E-state index is 5.88. The highest BCUT2D eigenvalue weighted by Gasteiger charge is 2.27. The van der Waals surface area contributed by atoms with E-state index >= 15 is 0 Å². The van der Waals surface area contributed by atoms with Crippen LogP contribution in [0.4, 0.5) is 5.69 Å². The standard InChI is InChI=1S/C18H20N2O/c1-2-16(12-19-8-1)20-11-15-7-9-21-18-10-14(13-3-4-13)5-6-17(15)18/h1-2,5-6,8,10,12-13,15,20H,3-4,7,9,11H2/t15-/m0/s1. The van der Waals surface area contributed by atoms with E-state index in [1.165, 1.54) is 24.0 Å². The molecular formula is C18H20N2O. The molecular weight excluding hydrogens is 260 g/mol. The molecule has 0 unspecified atom stereocenters. The van der Waals surface area contributed by atoms with Crippen molar-refractivity contribution in [2.45, 2.75) is 31.1 Å². The van der Waals surface area contributed by atoms with Gasteiger partial charge in [-0.2, -0.15) is 0 Å². The number of nitrogens with zero attached hydrogens (tertiary/aromatic N) is 1. The second-order valence-electron chi connectivity index (χ2n) is 6.03. The van der Waals surface area contributed by atoms with Gasteiger partial charge in [-0.3, -0.25) is 4.98 Å². The molecule has 3 heteroatoms. The van der Waals surface area contributed by atoms with E-state index < -0.39 is 0 Å². The summed E-state index contributed by atoms with van der Waals surface area (Å²) in [5.41, 5.74) is 3.89. The van der Waals surface area contributed by atoms with Crippen LogP contribution in [0.15, 0.2) is 42.7 Å². The van der Waals surface area contributed by atoms with Gasteiger partial charge in [0.05, 0.1) is 12.3 Å². The lowest BCUT2D eigenvalue weighted by molar-refractivity contribution is 0.270. The molecule has 1 aliphatic heterocycles. The zero-order chi connectivity index (χ0) is 14.1. The van der Waals surface area contributed by atoms with E-state index in [1.807, 2.05) is 12.3 Å². The van der Waals surface area contributed by atoms with E-state index in [0.717, 1.165) is 36.9 Å². The summed E-state index contributed by atoms with van der Waals surface area (Å²) in [6.07, 6.45) is 7.42. The van der Waals surface area contributed by atoms with Crippen LogP contribution in [-0.2, 0) is 0 Å². The van der Waals surface area contributed by atoms with E-state index in [-0.39, 0.29) is 0 Å². The van der Waals surface area contributed by atoms with Crippen LogP contribution in [0.5, 0.6) is 5.75 Å². The summed E-state index contributed by atoms with van der Waals surface area (Å²) < 4.78 is 5.88. The first-order chi connectivity index (χ1) is 10.4. The summed E-state index contributed by atoms with van der Waals surface area (Å²) in [4.78, 5) is 4.14. The molecule has 21 heavy (non-hydrogen) atoms. The van der Waals surface area contributed by atoms with E-state index in [9.17, 15) is 0 Å². The van der Waals surface area contributed by atoms with Crippen molar-refractivity contribution >= 4 is 5.69 Å². The third-order valence-electron chi connectivity index (χ3n) is 4.46. The Morgan fingerprint density at radius 3 is 2.95 bits per heavy atom. The molecule has 0 radical (unpaired) electrons. The zero-order valence-electron chi connectivity index (χ0n) is 12.1. The number of hydrogen-bond donors (Lipinski definition) is 1. The smallest absolute Gasteiger partial charge is 0.123 e. The Morgan fingerprint density at radius 2 is 2.14 bits per heavy atom. The number of anilines is 1. The third kappa shape index (κ3) is 2.73. The van der Waals surface area contributed by atoms with E-state index in [0.29, 0.717) is 5.92 Å². The quantitative estimate of drug-likeness (QED) is 0.921. The lowest BCUT2D eigenvalue weighted by atomic mass is 9.91. The van der Waals surface area contributed by atoms with Gasteiger partial charge >= 0.3 is 0 Å². The summed E-state index contributed by atoms with van der Waals surface area (Å²) in [6, 6.07) is 10.9. The van der Waals surface area contributed by atoms with Crippen molar-refractivity contribution in [2.75, 3.05) is 18.5 Å². The highest BCUT2D eigenvalue weighted by atomic mass is 16.5. The monoisotopic (exact) mass is 280 g/mol. The van der Waals surface area contributed by atoms with Crippen LogP contribution in [0.1, 0.15) is 42.2 Å². The minimum Gasteiger partial charge on any atom is -0.493 e. The average molecular weight is 280 g/mol. The van der Waals surface area contributed by atoms with Gasteiger partial charge < -0.3 is 10.1 Å². The first-order valence-electron chi connectivity index (χ1n) is 7.81. The molecule has 2 aliphatic rings. The molecule has 1 aliphatic carbocycles. The second-order valence-corrected chi connectivity index (χ2v) is 6.03. The molecule has 0 amide bonds. The molecule has 2 heterocycles. The molecule has 1 saturated carbocycles. The number of benzene rings is 1. The molecule has 3 nitrogen and oxygen atoms in total. The van der Waals surface area contributed by atoms with Crippen LogP contribution >= 0.6 is 0 Å². The Kier molecular flexibility index (Phi) is 3.26. The van der Waals surface area contributed by atoms with Crippen molar-refractivity contribution in [1.82, 2.24) is 4.98 Å². The zero-order valence-corrected chi connectivity index (χ0v) is 12.1. The number of nitrogens with one attached hydrogen (secondary N) is 1. The van der Waals surface area contributed by atoms with Gasteiger partial charge in [0.15, 0.2) is 0 Å². The highest BCUT2D eigenvalue weighted by molar-refractivity contribution is 5.45. The van der Waals surface area contributed by atoms with Gasteiger partial charge in [0.25, 0.3) is 0 Å². The van der Waals surface area contributed by atoms with E-state index in [2.05, 4.69) is 34.6 Å². The van der Waals surface area contributed by atoms with E-state index in [1.54, 1.807) is 6.20 Å². The molecule has 0 saturated heterocycles. The Labute approximate surface area is 125 Å². The predicted octanol–water partition coefficient (Wildman–Crippen LogP) is 3.94. The molecule has 1 aromatic heterocycles. The fraction of sp³-hybridized carbons (Fsp3) is 0.389. The van der Waals surface area contributed by atoms with Gasteiger partial charge in [0, 0.05) is 24.9 Å². The van der Waals surface area contributed by atoms with Crippen molar-refractivity contribution < 1.29 is 4.74 Å². The van der Waals surface area contributed by atoms with Crippen molar-refractivity contribution in [1.29, 1.82) is 0 Å². The molecule has 108 valence electrons. The minimum absolute atomic E-state index is 0.516. The number of fused-ring (bicyclic) bond motifs is 1. The lowest BCUT2D eigenvalue weighted by Crippen LogP contribution is -2.21. The fourth-order valence-corrected chi connectivity index (χ4v) is 3.07. The summed E-state index contributed by atoms with van der Waals surface area (Å²) in [7, 11) is 0. The molecule has 1 fully saturated rings. The van der Waals surface area contributed by atoms with Crippen LogP contribution in [-0.4, -0.2) is 18.1 Å². The Hall–Kier alpha value is -2.03. The Bertz CT molecular complexity index is 622. The normalized spacial score (nSPS) is 20.5. The topological polar surface area (TPSA) is 34.2 Å². The minimum atomic E-state index is 0.516. The van der Waals surface area contributed by atoms with Gasteiger partial charge in [0.2, 0.25) is 0 Å². The maximum absolute atomic E-state index is 5.88. The van der Waals surface area contributed by atoms with Crippen LogP contribution in [0, 0.1) is 0 Å². The molecule has 0 spiro atoms. The van der Waals surface area contributed by atoms with Crippen molar-refractivity contribution in [3.63, 3.8) is 0 Å². The summed E-state index contributed by atoms with van der Waals surface area (Å²) in [5, 5.41) is 3.49. The number of hydrogen-bond acceptors (Lipinski definition) is 3. The van der Waals surface area contributed by atoms with Gasteiger partial charge in [-0.1, -0.05) is 12.1 Å². The highest BCUT2D eigenvalue weighted by Crippen LogP contribution is 2.43. The third-order valence-corrected chi connectivity index (χ3v) is 4.46. The summed E-state index contributed by atoms with van der Waals surface area (Å²) in [5.74, 6) is 2.40. The number of ether oxygens (including phenoxy) is 1. The number of pyridine rings is 1. The first kappa shape index (κ1) is 12.7. The van der Waals surface area contributed by atoms with Gasteiger partial charge in [-0.15, -0.1) is 0 Å². The van der Waals surface area contributed by atoms with Gasteiger partial charge in [-0.25, -0.2) is 0 Å². The molecule has 0 bridgehead atoms. The SMILES string of the molecule is c1cncc(NC[C@@H]2CCOc3cc(C4CC4)ccc32)c1. The van der Waals surface area contributed by atoms with Crippen LogP contribution < -0.4 is 10.1 Å². The van der Waals surface area contributed by atoms with Crippen molar-refractivity contribution in [3.05, 3.63) is 53.9 Å². The van der Waals surface area contributed by atoms with Gasteiger partial charge in [-0.05, 0) is 54.5 Å². The van der Waals surface area contributed by atoms with Crippen molar-refractivity contribution in [3.8, 4) is 5.75 Å². The van der Waals surface area contributed by atoms with Crippen molar-refractivity contribution in [2.24, 2.45) is 0 Å². The Morgan fingerprint density at radius 1 is 1.19 bits per heavy atom. The van der Waals surface area contributed by atoms with Crippen LogP contribution in [0.25, 0.3) is 0 Å². The van der Waals surface area contributed by atoms with Crippen LogP contribution in [0.2, 0.25) is 0 Å². The van der Waals surface area contributed by atoms with E-state index in [4.69, 9.17) is 4.74 Å². The lowest BCUT2D eigenvalue weighted by Gasteiger charge is -2.27. The fourth-order valence-electron chi connectivity index (χ4n) is 3.07. The molecule has 1 N–H and O–H groups in total. The number of rotatable bonds is 4. The predicted molar refractivity (Wildman–Crippen MR) is 84.0 cm³/mol. The molecule has 1 aromatic carbocycles. The largest absolute Gasteiger partial charge is 0.493 e. The molecule has 2 aromatic rings. The number of aromatic nitrogens is 1. The molecule has 1 atom stereocenters. The summed E-state index contributed by atoms with van der Waals surface area (Å²) in [6.45, 7) is 1.76.